The molecule has 5 nitrogen and oxygen atoms in total. The number of hydrogen-bond donors (Lipinski definition) is 1. The summed E-state index contributed by atoms with van der Waals surface area (Å²) in [7, 11) is 0. The molecule has 110 valence electrons. The molecule has 0 aliphatic heterocycles. The number of nitrogens with one attached hydrogen (secondary N) is 1. The van der Waals surface area contributed by atoms with Crippen molar-refractivity contribution in [2.45, 2.75) is 19.4 Å². The van der Waals surface area contributed by atoms with Crippen molar-refractivity contribution < 1.29 is 19.4 Å². The van der Waals surface area contributed by atoms with E-state index in [0.29, 0.717) is 17.9 Å². The van der Waals surface area contributed by atoms with Crippen LogP contribution in [0.25, 0.3) is 0 Å². The van der Waals surface area contributed by atoms with Gasteiger partial charge in [0.05, 0.1) is 12.0 Å². The molecule has 0 aliphatic rings. The van der Waals surface area contributed by atoms with E-state index in [1.54, 1.807) is 12.1 Å². The Hall–Kier alpha value is -1.69. The van der Waals surface area contributed by atoms with Crippen LogP contribution in [0.4, 0.5) is 0 Å². The third-order valence-corrected chi connectivity index (χ3v) is 3.27. The molecule has 0 aliphatic carbocycles. The highest BCUT2D eigenvalue weighted by molar-refractivity contribution is 7.98. The zero-order valence-electron chi connectivity index (χ0n) is 11.5. The van der Waals surface area contributed by atoms with Gasteiger partial charge in [0.1, 0.15) is 5.75 Å². The highest BCUT2D eigenvalue weighted by atomic mass is 32.2. The van der Waals surface area contributed by atoms with E-state index >= 15 is 0 Å². The molecule has 1 aromatic carbocycles. The molecule has 0 spiro atoms. The molecule has 0 aromatic heterocycles. The second-order valence-electron chi connectivity index (χ2n) is 4.32. The predicted molar refractivity (Wildman–Crippen MR) is 76.6 cm³/mol. The van der Waals surface area contributed by atoms with Gasteiger partial charge in [0, 0.05) is 0 Å². The molecule has 1 N–H and O–H groups in total. The Labute approximate surface area is 122 Å². The van der Waals surface area contributed by atoms with Gasteiger partial charge in [-0.1, -0.05) is 17.7 Å². The quantitative estimate of drug-likeness (QED) is 0.749. The minimum Gasteiger partial charge on any atom is -0.548 e. The minimum atomic E-state index is -1.28. The second kappa shape index (κ2) is 8.47. The lowest BCUT2D eigenvalue weighted by Gasteiger charge is -2.19. The number of carboxylic acid groups (broad SMARTS) is 1. The largest absolute Gasteiger partial charge is 0.548 e. The number of hydrogen-bond acceptors (Lipinski definition) is 5. The van der Waals surface area contributed by atoms with E-state index in [2.05, 4.69) is 5.32 Å². The first-order valence-corrected chi connectivity index (χ1v) is 7.61. The monoisotopic (exact) mass is 296 g/mol. The topological polar surface area (TPSA) is 78.5 Å². The Kier molecular flexibility index (Phi) is 6.93. The standard InChI is InChI=1S/C14H19NO4S/c1-10-3-5-11(6-4-10)19-9-13(16)15-12(14(17)18)7-8-20-2/h3-6,12H,7-9H2,1-2H3,(H,15,16)(H,17,18)/p-1/t12-/m0/s1. The number of thioether (sulfide) groups is 1. The van der Waals surface area contributed by atoms with Crippen LogP contribution in [0.15, 0.2) is 24.3 Å². The van der Waals surface area contributed by atoms with Crippen molar-refractivity contribution in [1.82, 2.24) is 5.32 Å². The van der Waals surface area contributed by atoms with Gasteiger partial charge >= 0.3 is 0 Å². The van der Waals surface area contributed by atoms with E-state index in [0.717, 1.165) is 5.56 Å². The van der Waals surface area contributed by atoms with E-state index in [1.165, 1.54) is 11.8 Å². The molecule has 6 heteroatoms. The van der Waals surface area contributed by atoms with Crippen molar-refractivity contribution in [3.63, 3.8) is 0 Å². The number of rotatable bonds is 8. The molecule has 0 radical (unpaired) electrons. The number of ether oxygens (including phenoxy) is 1. The van der Waals surface area contributed by atoms with Gasteiger partial charge in [-0.3, -0.25) is 4.79 Å². The maximum absolute atomic E-state index is 11.6. The van der Waals surface area contributed by atoms with Crippen molar-refractivity contribution in [3.8, 4) is 5.75 Å². The normalized spacial score (nSPS) is 11.7. The van der Waals surface area contributed by atoms with Crippen LogP contribution < -0.4 is 15.2 Å². The molecule has 1 aromatic rings. The fourth-order valence-electron chi connectivity index (χ4n) is 1.50. The summed E-state index contributed by atoms with van der Waals surface area (Å²) in [5, 5.41) is 13.3. The van der Waals surface area contributed by atoms with E-state index in [9.17, 15) is 14.7 Å². The van der Waals surface area contributed by atoms with Crippen molar-refractivity contribution >= 4 is 23.6 Å². The van der Waals surface area contributed by atoms with E-state index in [4.69, 9.17) is 4.74 Å². The maximum Gasteiger partial charge on any atom is 0.258 e. The van der Waals surface area contributed by atoms with Crippen LogP contribution in [0.5, 0.6) is 5.75 Å². The lowest BCUT2D eigenvalue weighted by atomic mass is 10.2. The van der Waals surface area contributed by atoms with Crippen LogP contribution in [0.2, 0.25) is 0 Å². The first-order valence-electron chi connectivity index (χ1n) is 6.21. The highest BCUT2D eigenvalue weighted by Gasteiger charge is 2.13. The van der Waals surface area contributed by atoms with Crippen LogP contribution in [0.3, 0.4) is 0 Å². The maximum atomic E-state index is 11.6. The number of aliphatic carboxylic acids is 1. The molecule has 1 amide bonds. The Morgan fingerprint density at radius 3 is 2.55 bits per heavy atom. The summed E-state index contributed by atoms with van der Waals surface area (Å²) in [5.41, 5.74) is 1.09. The Morgan fingerprint density at radius 1 is 1.35 bits per heavy atom. The summed E-state index contributed by atoms with van der Waals surface area (Å²) in [6.45, 7) is 1.73. The average Bonchev–Trinajstić information content (AvgIpc) is 2.42. The van der Waals surface area contributed by atoms with E-state index in [1.807, 2.05) is 25.3 Å². The van der Waals surface area contributed by atoms with Gasteiger partial charge in [-0.2, -0.15) is 11.8 Å². The number of amides is 1. The van der Waals surface area contributed by atoms with Crippen LogP contribution in [-0.4, -0.2) is 36.5 Å². The zero-order valence-corrected chi connectivity index (χ0v) is 12.4. The fourth-order valence-corrected chi connectivity index (χ4v) is 1.98. The molecule has 0 fully saturated rings. The first kappa shape index (κ1) is 16.4. The molecule has 0 saturated carbocycles. The third kappa shape index (κ3) is 5.97. The Morgan fingerprint density at radius 2 is 2.00 bits per heavy atom. The van der Waals surface area contributed by atoms with Crippen molar-refractivity contribution in [2.75, 3.05) is 18.6 Å². The SMILES string of the molecule is CSCC[C@H](NC(=O)COc1ccc(C)cc1)C(=O)[O-]. The van der Waals surface area contributed by atoms with Gasteiger partial charge in [0.2, 0.25) is 0 Å². The molecule has 0 bridgehead atoms. The number of carbonyl (C=O) groups is 2. The number of carbonyl (C=O) groups excluding carboxylic acids is 2. The number of carboxylic acids is 1. The van der Waals surface area contributed by atoms with E-state index < -0.39 is 17.9 Å². The number of benzene rings is 1. The fraction of sp³-hybridized carbons (Fsp3) is 0.429. The molecule has 0 saturated heterocycles. The highest BCUT2D eigenvalue weighted by Crippen LogP contribution is 2.11. The van der Waals surface area contributed by atoms with Gasteiger partial charge < -0.3 is 20.0 Å². The lowest BCUT2D eigenvalue weighted by Crippen LogP contribution is -2.49. The first-order chi connectivity index (χ1) is 9.52. The molecule has 1 rings (SSSR count). The van der Waals surface area contributed by atoms with Gasteiger partial charge in [0.15, 0.2) is 6.61 Å². The van der Waals surface area contributed by atoms with Gasteiger partial charge in [-0.05, 0) is 37.5 Å². The van der Waals surface area contributed by atoms with Crippen molar-refractivity contribution in [2.24, 2.45) is 0 Å². The summed E-state index contributed by atoms with van der Waals surface area (Å²) in [6.07, 6.45) is 2.20. The molecular formula is C14H18NO4S-. The molecule has 0 unspecified atom stereocenters. The second-order valence-corrected chi connectivity index (χ2v) is 5.31. The lowest BCUT2D eigenvalue weighted by molar-refractivity contribution is -0.308. The van der Waals surface area contributed by atoms with Crippen molar-refractivity contribution in [1.29, 1.82) is 0 Å². The molecule has 0 heterocycles. The Balaban J connectivity index is 2.41. The average molecular weight is 296 g/mol. The summed E-state index contributed by atoms with van der Waals surface area (Å²) in [5.74, 6) is -0.541. The van der Waals surface area contributed by atoms with Crippen LogP contribution in [0, 0.1) is 6.92 Å². The summed E-state index contributed by atoms with van der Waals surface area (Å²) < 4.78 is 5.28. The van der Waals surface area contributed by atoms with Crippen LogP contribution >= 0.6 is 11.8 Å². The van der Waals surface area contributed by atoms with Gasteiger partial charge in [-0.15, -0.1) is 0 Å². The van der Waals surface area contributed by atoms with E-state index in [-0.39, 0.29) is 6.61 Å². The predicted octanol–water partition coefficient (Wildman–Crippen LogP) is 0.362. The molecular weight excluding hydrogens is 278 g/mol. The van der Waals surface area contributed by atoms with Crippen molar-refractivity contribution in [3.05, 3.63) is 29.8 Å². The summed E-state index contributed by atoms with van der Waals surface area (Å²) in [6, 6.07) is 6.28. The van der Waals surface area contributed by atoms with Crippen LogP contribution in [-0.2, 0) is 9.59 Å². The molecule has 1 atom stereocenters. The van der Waals surface area contributed by atoms with Gasteiger partial charge in [0.25, 0.3) is 5.91 Å². The molecule has 20 heavy (non-hydrogen) atoms. The summed E-state index contributed by atoms with van der Waals surface area (Å²) in [4.78, 5) is 22.5. The minimum absolute atomic E-state index is 0.216. The third-order valence-electron chi connectivity index (χ3n) is 2.62. The smallest absolute Gasteiger partial charge is 0.258 e. The number of aryl methyl sites for hydroxylation is 1. The van der Waals surface area contributed by atoms with Crippen LogP contribution in [0.1, 0.15) is 12.0 Å². The summed E-state index contributed by atoms with van der Waals surface area (Å²) >= 11 is 1.51. The Bertz CT molecular complexity index is 447. The zero-order chi connectivity index (χ0) is 15.0. The van der Waals surface area contributed by atoms with Gasteiger partial charge in [-0.25, -0.2) is 0 Å².